The fourth-order valence-corrected chi connectivity index (χ4v) is 2.68. The molecule has 1 aliphatic carbocycles. The van der Waals surface area contributed by atoms with E-state index in [1.165, 1.54) is 5.56 Å². The number of amides is 2. The molecule has 17 heavy (non-hydrogen) atoms. The summed E-state index contributed by atoms with van der Waals surface area (Å²) < 4.78 is 0. The first kappa shape index (κ1) is 11.9. The molecule has 0 spiro atoms. The van der Waals surface area contributed by atoms with E-state index in [9.17, 15) is 10.0 Å². The van der Waals surface area contributed by atoms with Crippen LogP contribution in [0.15, 0.2) is 30.3 Å². The first-order valence-electron chi connectivity index (χ1n) is 5.75. The molecule has 0 radical (unpaired) electrons. The first-order valence-corrected chi connectivity index (χ1v) is 5.75. The Morgan fingerprint density at radius 2 is 2.00 bits per heavy atom. The Kier molecular flexibility index (Phi) is 2.83. The molecule has 3 N–H and O–H groups in total. The van der Waals surface area contributed by atoms with Crippen LogP contribution in [0.25, 0.3) is 0 Å². The fourth-order valence-electron chi connectivity index (χ4n) is 2.68. The van der Waals surface area contributed by atoms with Crippen molar-refractivity contribution in [2.24, 2.45) is 17.1 Å². The summed E-state index contributed by atoms with van der Waals surface area (Å²) in [6, 6.07) is 9.36. The molecule has 1 aliphatic rings. The van der Waals surface area contributed by atoms with Gasteiger partial charge in [-0.05, 0) is 22.8 Å². The minimum atomic E-state index is -0.792. The number of urea groups is 1. The zero-order valence-corrected chi connectivity index (χ0v) is 10.1. The lowest BCUT2D eigenvalue weighted by Crippen LogP contribution is -2.34. The number of hydrogen-bond donors (Lipinski definition) is 2. The second-order valence-corrected chi connectivity index (χ2v) is 5.24. The van der Waals surface area contributed by atoms with Gasteiger partial charge in [0.15, 0.2) is 0 Å². The highest BCUT2D eigenvalue weighted by Gasteiger charge is 2.58. The van der Waals surface area contributed by atoms with Crippen LogP contribution >= 0.6 is 0 Å². The van der Waals surface area contributed by atoms with E-state index in [4.69, 9.17) is 5.73 Å². The van der Waals surface area contributed by atoms with Crippen LogP contribution in [-0.2, 0) is 0 Å². The highest BCUT2D eigenvalue weighted by atomic mass is 16.5. The van der Waals surface area contributed by atoms with Gasteiger partial charge in [0, 0.05) is 0 Å². The van der Waals surface area contributed by atoms with E-state index < -0.39 is 6.03 Å². The van der Waals surface area contributed by atoms with Gasteiger partial charge in [-0.25, -0.2) is 9.86 Å². The van der Waals surface area contributed by atoms with Gasteiger partial charge in [0.1, 0.15) is 0 Å². The van der Waals surface area contributed by atoms with Crippen LogP contribution in [0.2, 0.25) is 0 Å². The first-order chi connectivity index (χ1) is 7.94. The maximum absolute atomic E-state index is 10.8. The van der Waals surface area contributed by atoms with E-state index in [0.717, 1.165) is 0 Å². The summed E-state index contributed by atoms with van der Waals surface area (Å²) in [4.78, 5) is 10.8. The standard InChI is InChI=1S/C13H18N2O2/c1-13(2)10(8-15(17)12(14)16)11(13)9-6-4-3-5-7-9/h3-7,10-11,17H,8H2,1-2H3,(H2,14,16). The van der Waals surface area contributed by atoms with Gasteiger partial charge in [0.2, 0.25) is 0 Å². The van der Waals surface area contributed by atoms with E-state index >= 15 is 0 Å². The summed E-state index contributed by atoms with van der Waals surface area (Å²) in [5, 5.41) is 10.00. The topological polar surface area (TPSA) is 66.6 Å². The lowest BCUT2D eigenvalue weighted by molar-refractivity contribution is -0.0452. The predicted molar refractivity (Wildman–Crippen MR) is 64.5 cm³/mol. The summed E-state index contributed by atoms with van der Waals surface area (Å²) in [6.07, 6.45) is 0. The van der Waals surface area contributed by atoms with Crippen molar-refractivity contribution in [3.8, 4) is 0 Å². The van der Waals surface area contributed by atoms with Crippen LogP contribution in [0.1, 0.15) is 25.3 Å². The molecular weight excluding hydrogens is 216 g/mol. The molecular formula is C13H18N2O2. The Labute approximate surface area is 101 Å². The summed E-state index contributed by atoms with van der Waals surface area (Å²) in [6.45, 7) is 4.58. The van der Waals surface area contributed by atoms with Crippen molar-refractivity contribution in [1.82, 2.24) is 5.06 Å². The Morgan fingerprint density at radius 3 is 2.53 bits per heavy atom. The number of carbonyl (C=O) groups excluding carboxylic acids is 1. The van der Waals surface area contributed by atoms with Crippen LogP contribution in [-0.4, -0.2) is 22.8 Å². The van der Waals surface area contributed by atoms with Crippen molar-refractivity contribution in [2.45, 2.75) is 19.8 Å². The number of primary amides is 1. The highest BCUT2D eigenvalue weighted by Crippen LogP contribution is 2.64. The Bertz CT molecular complexity index is 417. The van der Waals surface area contributed by atoms with Crippen LogP contribution in [0, 0.1) is 11.3 Å². The van der Waals surface area contributed by atoms with Crippen molar-refractivity contribution >= 4 is 6.03 Å². The minimum Gasteiger partial charge on any atom is -0.350 e. The zero-order chi connectivity index (χ0) is 12.6. The van der Waals surface area contributed by atoms with Crippen molar-refractivity contribution in [3.05, 3.63) is 35.9 Å². The van der Waals surface area contributed by atoms with Crippen LogP contribution < -0.4 is 5.73 Å². The van der Waals surface area contributed by atoms with E-state index in [0.29, 0.717) is 17.5 Å². The number of carbonyl (C=O) groups is 1. The second-order valence-electron chi connectivity index (χ2n) is 5.24. The quantitative estimate of drug-likeness (QED) is 0.622. The summed E-state index contributed by atoms with van der Waals surface area (Å²) in [7, 11) is 0. The molecule has 1 saturated carbocycles. The molecule has 0 bridgehead atoms. The Morgan fingerprint density at radius 1 is 1.41 bits per heavy atom. The molecule has 92 valence electrons. The molecule has 2 amide bonds. The summed E-state index contributed by atoms with van der Waals surface area (Å²) in [5.41, 5.74) is 6.37. The van der Waals surface area contributed by atoms with Crippen molar-refractivity contribution in [1.29, 1.82) is 0 Å². The Hall–Kier alpha value is -1.55. The molecule has 4 heteroatoms. The molecule has 0 aromatic heterocycles. The molecule has 2 unspecified atom stereocenters. The van der Waals surface area contributed by atoms with Crippen LogP contribution in [0.4, 0.5) is 4.79 Å². The lowest BCUT2D eigenvalue weighted by Gasteiger charge is -2.12. The third-order valence-electron chi connectivity index (χ3n) is 3.83. The average molecular weight is 234 g/mol. The smallest absolute Gasteiger partial charge is 0.338 e. The van der Waals surface area contributed by atoms with Gasteiger partial charge in [-0.1, -0.05) is 44.2 Å². The number of benzene rings is 1. The third kappa shape index (κ3) is 2.13. The largest absolute Gasteiger partial charge is 0.350 e. The Balaban J connectivity index is 2.09. The highest BCUT2D eigenvalue weighted by molar-refractivity contribution is 5.70. The number of nitrogens with zero attached hydrogens (tertiary/aromatic N) is 1. The maximum Gasteiger partial charge on any atom is 0.338 e. The van der Waals surface area contributed by atoms with Crippen molar-refractivity contribution < 1.29 is 10.0 Å². The molecule has 1 aromatic carbocycles. The zero-order valence-electron chi connectivity index (χ0n) is 10.1. The van der Waals surface area contributed by atoms with Gasteiger partial charge in [0.25, 0.3) is 0 Å². The number of hydroxylamine groups is 2. The van der Waals surface area contributed by atoms with Gasteiger partial charge in [0.05, 0.1) is 6.54 Å². The summed E-state index contributed by atoms with van der Waals surface area (Å²) >= 11 is 0. The van der Waals surface area contributed by atoms with Gasteiger partial charge in [-0.15, -0.1) is 0 Å². The molecule has 1 fully saturated rings. The maximum atomic E-state index is 10.8. The minimum absolute atomic E-state index is 0.0950. The molecule has 1 aromatic rings. The van der Waals surface area contributed by atoms with Crippen LogP contribution in [0.5, 0.6) is 0 Å². The molecule has 2 rings (SSSR count). The van der Waals surface area contributed by atoms with Crippen molar-refractivity contribution in [2.75, 3.05) is 6.54 Å². The fraction of sp³-hybridized carbons (Fsp3) is 0.462. The average Bonchev–Trinajstić information content (AvgIpc) is 2.81. The monoisotopic (exact) mass is 234 g/mol. The lowest BCUT2D eigenvalue weighted by atomic mass is 10.0. The van der Waals surface area contributed by atoms with Gasteiger partial charge in [-0.2, -0.15) is 0 Å². The van der Waals surface area contributed by atoms with E-state index in [2.05, 4.69) is 26.0 Å². The SMILES string of the molecule is CC1(C)C(CN(O)C(N)=O)C1c1ccccc1. The summed E-state index contributed by atoms with van der Waals surface area (Å²) in [5.74, 6) is 0.625. The molecule has 0 aliphatic heterocycles. The van der Waals surface area contributed by atoms with E-state index in [1.54, 1.807) is 0 Å². The number of rotatable bonds is 3. The second kappa shape index (κ2) is 4.04. The van der Waals surface area contributed by atoms with Crippen molar-refractivity contribution in [3.63, 3.8) is 0 Å². The molecule has 0 saturated heterocycles. The predicted octanol–water partition coefficient (Wildman–Crippen LogP) is 2.20. The van der Waals surface area contributed by atoms with Gasteiger partial charge < -0.3 is 5.73 Å². The van der Waals surface area contributed by atoms with Gasteiger partial charge >= 0.3 is 6.03 Å². The normalized spacial score (nSPS) is 25.4. The van der Waals surface area contributed by atoms with E-state index in [1.807, 2.05) is 18.2 Å². The van der Waals surface area contributed by atoms with Gasteiger partial charge in [-0.3, -0.25) is 5.21 Å². The number of nitrogens with two attached hydrogens (primary N) is 1. The molecule has 4 nitrogen and oxygen atoms in total. The van der Waals surface area contributed by atoms with E-state index in [-0.39, 0.29) is 11.3 Å². The third-order valence-corrected chi connectivity index (χ3v) is 3.83. The van der Waals surface area contributed by atoms with Crippen LogP contribution in [0.3, 0.4) is 0 Å². The number of hydrogen-bond acceptors (Lipinski definition) is 2. The molecule has 0 heterocycles. The molecule has 2 atom stereocenters.